The second-order valence-corrected chi connectivity index (χ2v) is 7.41. The molecule has 1 amide bonds. The number of nitrogens with zero attached hydrogens (tertiary/aromatic N) is 5. The van der Waals surface area contributed by atoms with Gasteiger partial charge in [-0.15, -0.1) is 0 Å². The van der Waals surface area contributed by atoms with Gasteiger partial charge in [0.25, 0.3) is 5.92 Å². The van der Waals surface area contributed by atoms with Gasteiger partial charge in [-0.3, -0.25) is 9.47 Å². The van der Waals surface area contributed by atoms with Crippen LogP contribution in [-0.2, 0) is 4.74 Å². The van der Waals surface area contributed by atoms with Crippen molar-refractivity contribution in [3.05, 3.63) is 17.8 Å². The summed E-state index contributed by atoms with van der Waals surface area (Å²) in [7, 11) is 0. The van der Waals surface area contributed by atoms with Crippen molar-refractivity contribution in [1.82, 2.24) is 24.4 Å². The van der Waals surface area contributed by atoms with Gasteiger partial charge in [-0.25, -0.2) is 28.5 Å². The van der Waals surface area contributed by atoms with E-state index in [1.165, 1.54) is 0 Å². The number of carbonyl (C=O) groups excluding carboxylic acids is 1. The summed E-state index contributed by atoms with van der Waals surface area (Å²) >= 11 is 6.04. The molecule has 0 aliphatic carbocycles. The summed E-state index contributed by atoms with van der Waals surface area (Å²) < 4.78 is 36.0. The summed E-state index contributed by atoms with van der Waals surface area (Å²) in [6.07, 6.45) is -1.17. The largest absolute Gasteiger partial charge is 0.444 e. The number of alkyl halides is 2. The van der Waals surface area contributed by atoms with E-state index >= 15 is 0 Å². The van der Waals surface area contributed by atoms with E-state index in [9.17, 15) is 18.7 Å². The van der Waals surface area contributed by atoms with Gasteiger partial charge < -0.3 is 9.84 Å². The highest BCUT2D eigenvalue weighted by Crippen LogP contribution is 2.46. The van der Waals surface area contributed by atoms with Crippen LogP contribution >= 0.6 is 11.6 Å². The highest BCUT2D eigenvalue weighted by atomic mass is 35.5. The van der Waals surface area contributed by atoms with Crippen LogP contribution in [0.15, 0.2) is 12.7 Å². The summed E-state index contributed by atoms with van der Waals surface area (Å²) in [5.41, 5.74) is -0.694. The van der Waals surface area contributed by atoms with E-state index in [0.717, 1.165) is 22.1 Å². The first kappa shape index (κ1) is 18.7. The molecule has 1 saturated heterocycles. The number of fused-ring (bicyclic) bond motifs is 1. The van der Waals surface area contributed by atoms with Crippen molar-refractivity contribution in [2.45, 2.75) is 50.9 Å². The maximum Gasteiger partial charge on any atom is 0.412 e. The van der Waals surface area contributed by atoms with Crippen molar-refractivity contribution in [2.24, 2.45) is 0 Å². The molecule has 2 aromatic heterocycles. The minimum Gasteiger partial charge on any atom is -0.444 e. The molecule has 0 bridgehead atoms. The van der Waals surface area contributed by atoms with Gasteiger partial charge in [-0.1, -0.05) is 11.6 Å². The molecule has 0 radical (unpaired) electrons. The van der Waals surface area contributed by atoms with Crippen LogP contribution in [0.5, 0.6) is 0 Å². The van der Waals surface area contributed by atoms with E-state index in [0.29, 0.717) is 0 Å². The van der Waals surface area contributed by atoms with E-state index in [1.54, 1.807) is 20.8 Å². The van der Waals surface area contributed by atoms with Crippen molar-refractivity contribution < 1.29 is 23.4 Å². The van der Waals surface area contributed by atoms with Gasteiger partial charge in [0.2, 0.25) is 0 Å². The molecule has 0 saturated carbocycles. The molecule has 11 heteroatoms. The predicted octanol–water partition coefficient (Wildman–Crippen LogP) is 2.62. The summed E-state index contributed by atoms with van der Waals surface area (Å²) in [6, 6.07) is -1.12. The molecule has 0 aromatic carbocycles. The molecule has 3 rings (SSSR count). The Bertz CT molecular complexity index is 838. The first-order valence-corrected chi connectivity index (χ1v) is 8.26. The van der Waals surface area contributed by atoms with Crippen LogP contribution in [0.3, 0.4) is 0 Å². The van der Waals surface area contributed by atoms with E-state index in [1.807, 2.05) is 0 Å². The second kappa shape index (κ2) is 6.27. The number of rotatable bonds is 2. The summed E-state index contributed by atoms with van der Waals surface area (Å²) in [4.78, 5) is 25.1. The van der Waals surface area contributed by atoms with Crippen molar-refractivity contribution in [3.63, 3.8) is 0 Å². The fourth-order valence-corrected chi connectivity index (χ4v) is 3.23. The third-order valence-corrected chi connectivity index (χ3v) is 4.22. The number of hydrogen-bond acceptors (Lipinski definition) is 6. The Labute approximate surface area is 152 Å². The van der Waals surface area contributed by atoms with Gasteiger partial charge in [-0.2, -0.15) is 0 Å². The Hall–Kier alpha value is -2.07. The van der Waals surface area contributed by atoms with Crippen molar-refractivity contribution in [3.8, 4) is 0 Å². The molecule has 26 heavy (non-hydrogen) atoms. The van der Waals surface area contributed by atoms with E-state index in [4.69, 9.17) is 16.3 Å². The van der Waals surface area contributed by atoms with Crippen LogP contribution in [0.1, 0.15) is 33.4 Å². The third kappa shape index (κ3) is 3.18. The Morgan fingerprint density at radius 3 is 2.73 bits per heavy atom. The lowest BCUT2D eigenvalue weighted by molar-refractivity contribution is -0.0678. The van der Waals surface area contributed by atoms with Crippen LogP contribution < -0.4 is 0 Å². The highest BCUT2D eigenvalue weighted by molar-refractivity contribution is 6.33. The third-order valence-electron chi connectivity index (χ3n) is 3.94. The molecule has 0 unspecified atom stereocenters. The zero-order valence-electron chi connectivity index (χ0n) is 14.4. The molecule has 142 valence electrons. The average Bonchev–Trinajstić information content (AvgIpc) is 3.04. The van der Waals surface area contributed by atoms with Crippen molar-refractivity contribution >= 4 is 28.9 Å². The number of ether oxygens (including phenoxy) is 1. The average molecular weight is 390 g/mol. The van der Waals surface area contributed by atoms with E-state index in [2.05, 4.69) is 15.0 Å². The minimum absolute atomic E-state index is 0.0695. The van der Waals surface area contributed by atoms with Crippen LogP contribution in [0.4, 0.5) is 13.6 Å². The number of hydrogen-bond donors (Lipinski definition) is 1. The lowest BCUT2D eigenvalue weighted by Gasteiger charge is -2.33. The zero-order chi connectivity index (χ0) is 19.3. The van der Waals surface area contributed by atoms with Gasteiger partial charge in [0, 0.05) is 6.42 Å². The summed E-state index contributed by atoms with van der Waals surface area (Å²) in [5.74, 6) is -3.35. The number of halogens is 3. The monoisotopic (exact) mass is 389 g/mol. The smallest absolute Gasteiger partial charge is 0.412 e. The molecule has 1 aliphatic rings. The molecular weight excluding hydrogens is 372 g/mol. The number of likely N-dealkylation sites (tertiary alicyclic amines) is 1. The molecule has 3 heterocycles. The maximum absolute atomic E-state index is 14.8. The maximum atomic E-state index is 14.8. The molecule has 1 aliphatic heterocycles. The van der Waals surface area contributed by atoms with E-state index < -0.39 is 42.9 Å². The van der Waals surface area contributed by atoms with Gasteiger partial charge >= 0.3 is 6.09 Å². The van der Waals surface area contributed by atoms with E-state index in [-0.39, 0.29) is 16.3 Å². The standard InChI is InChI=1S/C15H18ClF2N5O3/c1-14(2,3)26-13(25)23-8(5-24)4-15(17,18)12(23)22-7-21-11-9(22)10(16)19-6-20-11/h6-8,12,24H,4-5H2,1-3H3/t8-,12-/m0/s1. The molecule has 2 aromatic rings. The quantitative estimate of drug-likeness (QED) is 0.793. The first-order chi connectivity index (χ1) is 12.0. The molecule has 8 nitrogen and oxygen atoms in total. The molecule has 1 fully saturated rings. The normalized spacial score (nSPS) is 22.8. The SMILES string of the molecule is CC(C)(C)OC(=O)N1[C@H](CO)CC(F)(F)[C@H]1n1cnc2ncnc(Cl)c21. The Morgan fingerprint density at radius 1 is 1.42 bits per heavy atom. The fraction of sp³-hybridized carbons (Fsp3) is 0.600. The number of carbonyl (C=O) groups is 1. The van der Waals surface area contributed by atoms with Crippen LogP contribution in [-0.4, -0.2) is 59.8 Å². The predicted molar refractivity (Wildman–Crippen MR) is 87.9 cm³/mol. The van der Waals surface area contributed by atoms with Crippen molar-refractivity contribution in [2.75, 3.05) is 6.61 Å². The lowest BCUT2D eigenvalue weighted by Crippen LogP contribution is -2.45. The molecule has 0 spiro atoms. The van der Waals surface area contributed by atoms with Crippen LogP contribution in [0.2, 0.25) is 5.15 Å². The van der Waals surface area contributed by atoms with Crippen molar-refractivity contribution in [1.29, 1.82) is 0 Å². The fourth-order valence-electron chi connectivity index (χ4n) is 3.00. The minimum atomic E-state index is -3.35. The number of aromatic nitrogens is 4. The Balaban J connectivity index is 2.12. The van der Waals surface area contributed by atoms with Crippen LogP contribution in [0, 0.1) is 0 Å². The summed E-state index contributed by atoms with van der Waals surface area (Å²) in [6.45, 7) is 4.24. The lowest BCUT2D eigenvalue weighted by atomic mass is 10.2. The molecule has 1 N–H and O–H groups in total. The molecule has 2 atom stereocenters. The molecular formula is C15H18ClF2N5O3. The van der Waals surface area contributed by atoms with Gasteiger partial charge in [0.1, 0.15) is 17.4 Å². The van der Waals surface area contributed by atoms with Crippen LogP contribution in [0.25, 0.3) is 11.2 Å². The number of aliphatic hydroxyl groups excluding tert-OH is 1. The first-order valence-electron chi connectivity index (χ1n) is 7.88. The van der Waals surface area contributed by atoms with Gasteiger partial charge in [0.05, 0.1) is 19.0 Å². The highest BCUT2D eigenvalue weighted by Gasteiger charge is 2.58. The number of imidazole rings is 1. The van der Waals surface area contributed by atoms with Gasteiger partial charge in [0.15, 0.2) is 17.0 Å². The number of aliphatic hydroxyl groups is 1. The topological polar surface area (TPSA) is 93.4 Å². The summed E-state index contributed by atoms with van der Waals surface area (Å²) in [5, 5.41) is 9.47. The number of amides is 1. The van der Waals surface area contributed by atoms with Gasteiger partial charge in [-0.05, 0) is 20.8 Å². The zero-order valence-corrected chi connectivity index (χ0v) is 15.1. The Morgan fingerprint density at radius 2 is 2.12 bits per heavy atom. The second-order valence-electron chi connectivity index (χ2n) is 7.05. The Kier molecular flexibility index (Phi) is 4.51.